The van der Waals surface area contributed by atoms with Gasteiger partial charge in [0.1, 0.15) is 10.7 Å². The molecule has 26 heavy (non-hydrogen) atoms. The van der Waals surface area contributed by atoms with Crippen molar-refractivity contribution >= 4 is 39.6 Å². The number of aromatic nitrogens is 2. The van der Waals surface area contributed by atoms with E-state index in [1.54, 1.807) is 13.2 Å². The molecule has 8 heteroatoms. The van der Waals surface area contributed by atoms with E-state index in [1.807, 2.05) is 23.0 Å². The van der Waals surface area contributed by atoms with E-state index in [-0.39, 0.29) is 12.4 Å². The Labute approximate surface area is 155 Å². The van der Waals surface area contributed by atoms with Crippen LogP contribution in [0, 0.1) is 16.6 Å². The maximum Gasteiger partial charge on any atom is 0.270 e. The molecule has 0 amide bonds. The van der Waals surface area contributed by atoms with Crippen molar-refractivity contribution in [2.24, 2.45) is 0 Å². The SMILES string of the molecule is CN/C=C1/C=C(c2cc3cn(C4CCB(C#N)C4)nc3s2)C=C(F)C1=N. The molecule has 0 spiro atoms. The lowest BCUT2D eigenvalue weighted by atomic mass is 9.50. The Kier molecular flexibility index (Phi) is 4.25. The van der Waals surface area contributed by atoms with E-state index in [2.05, 4.69) is 16.4 Å². The third kappa shape index (κ3) is 2.88. The zero-order valence-electron chi connectivity index (χ0n) is 14.3. The number of fused-ring (bicyclic) bond motifs is 1. The van der Waals surface area contributed by atoms with E-state index in [9.17, 15) is 4.39 Å². The molecule has 4 rings (SSSR count). The van der Waals surface area contributed by atoms with Crippen LogP contribution in [-0.4, -0.2) is 29.3 Å². The van der Waals surface area contributed by atoms with Gasteiger partial charge in [-0.05, 0) is 36.5 Å². The fourth-order valence-corrected chi connectivity index (χ4v) is 4.52. The van der Waals surface area contributed by atoms with Gasteiger partial charge in [0.25, 0.3) is 6.71 Å². The summed E-state index contributed by atoms with van der Waals surface area (Å²) in [5.74, 6) is 1.82. The Morgan fingerprint density at radius 2 is 2.38 bits per heavy atom. The van der Waals surface area contributed by atoms with E-state index in [4.69, 9.17) is 10.7 Å². The predicted molar refractivity (Wildman–Crippen MR) is 104 cm³/mol. The molecule has 130 valence electrons. The lowest BCUT2D eigenvalue weighted by Crippen LogP contribution is -2.09. The van der Waals surface area contributed by atoms with Gasteiger partial charge >= 0.3 is 0 Å². The minimum Gasteiger partial charge on any atom is -0.393 e. The Morgan fingerprint density at radius 1 is 1.54 bits per heavy atom. The van der Waals surface area contributed by atoms with Crippen molar-refractivity contribution < 1.29 is 4.39 Å². The second-order valence-electron chi connectivity index (χ2n) is 6.63. The first-order valence-corrected chi connectivity index (χ1v) is 9.35. The van der Waals surface area contributed by atoms with Crippen LogP contribution in [0.1, 0.15) is 17.3 Å². The number of thiophene rings is 1. The molecular formula is C18H17BFN5S. The molecule has 2 N–H and O–H groups in total. The highest BCUT2D eigenvalue weighted by molar-refractivity contribution is 7.19. The quantitative estimate of drug-likeness (QED) is 0.808. The Hall–Kier alpha value is -2.66. The highest BCUT2D eigenvalue weighted by atomic mass is 32.1. The van der Waals surface area contributed by atoms with Crippen LogP contribution < -0.4 is 5.32 Å². The lowest BCUT2D eigenvalue weighted by molar-refractivity contribution is 0.500. The van der Waals surface area contributed by atoms with Crippen molar-refractivity contribution in [3.63, 3.8) is 0 Å². The monoisotopic (exact) mass is 365 g/mol. The van der Waals surface area contributed by atoms with Gasteiger partial charge in [0.15, 0.2) is 0 Å². The first-order chi connectivity index (χ1) is 12.6. The summed E-state index contributed by atoms with van der Waals surface area (Å²) < 4.78 is 16.1. The maximum atomic E-state index is 14.1. The van der Waals surface area contributed by atoms with Crippen LogP contribution in [-0.2, 0) is 0 Å². The normalized spacial score (nSPS) is 21.9. The van der Waals surface area contributed by atoms with Gasteiger partial charge in [-0.2, -0.15) is 5.10 Å². The van der Waals surface area contributed by atoms with Crippen LogP contribution in [0.5, 0.6) is 0 Å². The number of rotatable bonds is 3. The van der Waals surface area contributed by atoms with Gasteiger partial charge in [0, 0.05) is 47.3 Å². The Balaban J connectivity index is 1.64. The number of hydrogen-bond acceptors (Lipinski definition) is 5. The minimum absolute atomic E-state index is 0.108. The summed E-state index contributed by atoms with van der Waals surface area (Å²) >= 11 is 1.52. The van der Waals surface area contributed by atoms with E-state index >= 15 is 0 Å². The standard InChI is InChI=1S/C18H17BFN5S/c1-23-8-12-4-11(5-15(20)17(12)22)16-6-13-9-25(24-18(13)26-16)14-2-3-19(7-14)10-21/h4-6,8-9,14,22-23H,2-3,7H2,1H3/b12-8-,22-17?. The van der Waals surface area contributed by atoms with Crippen molar-refractivity contribution in [3.05, 3.63) is 46.9 Å². The maximum absolute atomic E-state index is 14.1. The predicted octanol–water partition coefficient (Wildman–Crippen LogP) is 3.97. The molecule has 2 aliphatic rings. The summed E-state index contributed by atoms with van der Waals surface area (Å²) in [6.07, 6.45) is 9.65. The van der Waals surface area contributed by atoms with Crippen LogP contribution in [0.25, 0.3) is 15.8 Å². The highest BCUT2D eigenvalue weighted by Gasteiger charge is 2.30. The van der Waals surface area contributed by atoms with Crippen LogP contribution in [0.2, 0.25) is 12.6 Å². The zero-order valence-corrected chi connectivity index (χ0v) is 15.1. The molecule has 0 radical (unpaired) electrons. The topological polar surface area (TPSA) is 77.5 Å². The van der Waals surface area contributed by atoms with E-state index < -0.39 is 5.83 Å². The molecule has 0 aromatic carbocycles. The van der Waals surface area contributed by atoms with Gasteiger partial charge in [-0.1, -0.05) is 6.32 Å². The largest absolute Gasteiger partial charge is 0.393 e. The Morgan fingerprint density at radius 3 is 3.08 bits per heavy atom. The highest BCUT2D eigenvalue weighted by Crippen LogP contribution is 2.36. The number of hydrogen-bond donors (Lipinski definition) is 2. The summed E-state index contributed by atoms with van der Waals surface area (Å²) in [5, 5.41) is 25.4. The molecule has 3 heterocycles. The number of nitrogens with zero attached hydrogens (tertiary/aromatic N) is 3. The second kappa shape index (κ2) is 6.58. The van der Waals surface area contributed by atoms with Gasteiger partial charge in [0.2, 0.25) is 0 Å². The molecular weight excluding hydrogens is 348 g/mol. The van der Waals surface area contributed by atoms with Crippen LogP contribution in [0.3, 0.4) is 0 Å². The third-order valence-electron chi connectivity index (χ3n) is 4.88. The van der Waals surface area contributed by atoms with Crippen LogP contribution in [0.4, 0.5) is 4.39 Å². The summed E-state index contributed by atoms with van der Waals surface area (Å²) in [6, 6.07) is 2.31. The molecule has 0 bridgehead atoms. The second-order valence-corrected chi connectivity index (χ2v) is 7.66. The molecule has 1 fully saturated rings. The van der Waals surface area contributed by atoms with Gasteiger partial charge in [-0.3, -0.25) is 10.1 Å². The van der Waals surface area contributed by atoms with Crippen molar-refractivity contribution in [3.8, 4) is 5.97 Å². The number of allylic oxidation sites excluding steroid dienone is 5. The first kappa shape index (κ1) is 16.8. The number of nitriles is 1. The molecule has 1 saturated heterocycles. The molecule has 0 saturated carbocycles. The van der Waals surface area contributed by atoms with E-state index in [0.29, 0.717) is 11.6 Å². The first-order valence-electron chi connectivity index (χ1n) is 8.53. The molecule has 1 aliphatic heterocycles. The van der Waals surface area contributed by atoms with Gasteiger partial charge in [-0.25, -0.2) is 9.65 Å². The molecule has 1 atom stereocenters. The van der Waals surface area contributed by atoms with Crippen molar-refractivity contribution in [1.29, 1.82) is 10.7 Å². The van der Waals surface area contributed by atoms with Gasteiger partial charge < -0.3 is 5.32 Å². The van der Waals surface area contributed by atoms with Gasteiger partial charge in [-0.15, -0.1) is 11.3 Å². The van der Waals surface area contributed by atoms with Crippen molar-refractivity contribution in [2.45, 2.75) is 25.1 Å². The molecule has 2 aromatic heterocycles. The van der Waals surface area contributed by atoms with E-state index in [0.717, 1.165) is 39.7 Å². The Bertz CT molecular complexity index is 991. The summed E-state index contributed by atoms with van der Waals surface area (Å²) in [4.78, 5) is 1.84. The van der Waals surface area contributed by atoms with Crippen LogP contribution in [0.15, 0.2) is 42.0 Å². The third-order valence-corrected chi connectivity index (χ3v) is 5.97. The van der Waals surface area contributed by atoms with Crippen LogP contribution >= 0.6 is 11.3 Å². The molecule has 1 aliphatic carbocycles. The van der Waals surface area contributed by atoms with Crippen molar-refractivity contribution in [2.75, 3.05) is 7.05 Å². The summed E-state index contributed by atoms with van der Waals surface area (Å²) in [6.45, 7) is 0.131. The lowest BCUT2D eigenvalue weighted by Gasteiger charge is -2.12. The smallest absolute Gasteiger partial charge is 0.270 e. The van der Waals surface area contributed by atoms with E-state index in [1.165, 1.54) is 17.4 Å². The summed E-state index contributed by atoms with van der Waals surface area (Å²) in [5.41, 5.74) is 1.16. The summed E-state index contributed by atoms with van der Waals surface area (Å²) in [7, 11) is 1.73. The van der Waals surface area contributed by atoms with Gasteiger partial charge in [0.05, 0.1) is 5.71 Å². The fraction of sp³-hybridized carbons (Fsp3) is 0.278. The average molecular weight is 365 g/mol. The number of nitrogens with one attached hydrogen (secondary N) is 2. The fourth-order valence-electron chi connectivity index (χ4n) is 3.53. The zero-order chi connectivity index (χ0) is 18.3. The number of halogens is 1. The molecule has 1 unspecified atom stereocenters. The minimum atomic E-state index is -0.534. The average Bonchev–Trinajstić information content (AvgIpc) is 3.32. The molecule has 2 aromatic rings. The molecule has 5 nitrogen and oxygen atoms in total. The van der Waals surface area contributed by atoms with Crippen molar-refractivity contribution in [1.82, 2.24) is 15.1 Å².